The Kier molecular flexibility index (Phi) is 5.37. The van der Waals surface area contributed by atoms with E-state index in [0.717, 1.165) is 28.0 Å². The maximum atomic E-state index is 14.1. The van der Waals surface area contributed by atoms with Crippen LogP contribution in [0.25, 0.3) is 22.4 Å². The predicted molar refractivity (Wildman–Crippen MR) is 108 cm³/mol. The van der Waals surface area contributed by atoms with Crippen molar-refractivity contribution in [3.63, 3.8) is 0 Å². The smallest absolute Gasteiger partial charge is 0.151 e. The molecule has 0 aliphatic carbocycles. The summed E-state index contributed by atoms with van der Waals surface area (Å²) in [4.78, 5) is 16.0. The monoisotopic (exact) mass is 383 g/mol. The first-order valence-corrected chi connectivity index (χ1v) is 8.43. The maximum absolute atomic E-state index is 14.1. The van der Waals surface area contributed by atoms with E-state index in [-0.39, 0.29) is 29.8 Å². The number of rotatable bonds is 4. The number of pyridine rings is 3. The normalized spacial score (nSPS) is 10.8. The molecule has 0 amide bonds. The lowest BCUT2D eigenvalue weighted by molar-refractivity contribution is 0.625. The van der Waals surface area contributed by atoms with Gasteiger partial charge in [0.15, 0.2) is 5.82 Å². The molecule has 0 radical (unpaired) electrons. The zero-order chi connectivity index (χ0) is 18.1. The molecular formula is C20H19ClFN5. The fourth-order valence-electron chi connectivity index (χ4n) is 2.95. The molecule has 0 saturated heterocycles. The van der Waals surface area contributed by atoms with E-state index in [1.165, 1.54) is 6.07 Å². The van der Waals surface area contributed by atoms with Crippen LogP contribution in [-0.4, -0.2) is 19.9 Å². The van der Waals surface area contributed by atoms with Gasteiger partial charge in [0.1, 0.15) is 11.3 Å². The third-order valence-corrected chi connectivity index (χ3v) is 4.29. The quantitative estimate of drug-likeness (QED) is 0.492. The van der Waals surface area contributed by atoms with Crippen LogP contribution in [0.15, 0.2) is 55.1 Å². The number of hydrogen-bond donors (Lipinski definition) is 2. The zero-order valence-corrected chi connectivity index (χ0v) is 15.7. The second-order valence-corrected chi connectivity index (χ2v) is 6.37. The molecule has 4 aromatic heterocycles. The SMILES string of the molecule is CC(C)c1cnc(-c2ncccc2F)cc1Nc1ccnc2[nH]ccc12.Cl. The molecular weight excluding hydrogens is 365 g/mol. The Morgan fingerprint density at radius 1 is 1.04 bits per heavy atom. The van der Waals surface area contributed by atoms with Crippen molar-refractivity contribution in [3.05, 3.63) is 66.5 Å². The number of aromatic amines is 1. The van der Waals surface area contributed by atoms with Crippen LogP contribution in [0, 0.1) is 5.82 Å². The minimum Gasteiger partial charge on any atom is -0.355 e. The minimum atomic E-state index is -0.389. The zero-order valence-electron chi connectivity index (χ0n) is 14.9. The molecule has 0 bridgehead atoms. The van der Waals surface area contributed by atoms with Crippen LogP contribution in [0.5, 0.6) is 0 Å². The molecule has 0 unspecified atom stereocenters. The van der Waals surface area contributed by atoms with Crippen LogP contribution in [0.1, 0.15) is 25.3 Å². The summed E-state index contributed by atoms with van der Waals surface area (Å²) >= 11 is 0. The summed E-state index contributed by atoms with van der Waals surface area (Å²) in [6.07, 6.45) is 6.95. The lowest BCUT2D eigenvalue weighted by Gasteiger charge is -2.16. The van der Waals surface area contributed by atoms with Gasteiger partial charge in [-0.05, 0) is 41.8 Å². The van der Waals surface area contributed by atoms with Gasteiger partial charge in [-0.25, -0.2) is 9.37 Å². The van der Waals surface area contributed by atoms with Crippen molar-refractivity contribution in [3.8, 4) is 11.4 Å². The highest BCUT2D eigenvalue weighted by Gasteiger charge is 2.14. The number of hydrogen-bond acceptors (Lipinski definition) is 4. The fourth-order valence-corrected chi connectivity index (χ4v) is 2.95. The van der Waals surface area contributed by atoms with Gasteiger partial charge in [-0.3, -0.25) is 9.97 Å². The Hall–Kier alpha value is -2.99. The van der Waals surface area contributed by atoms with E-state index in [1.807, 2.05) is 24.4 Å². The summed E-state index contributed by atoms with van der Waals surface area (Å²) in [7, 11) is 0. The van der Waals surface area contributed by atoms with Gasteiger partial charge in [0.25, 0.3) is 0 Å². The van der Waals surface area contributed by atoms with E-state index in [2.05, 4.69) is 39.1 Å². The van der Waals surface area contributed by atoms with Gasteiger partial charge < -0.3 is 10.3 Å². The molecule has 5 nitrogen and oxygen atoms in total. The van der Waals surface area contributed by atoms with Gasteiger partial charge in [-0.2, -0.15) is 0 Å². The van der Waals surface area contributed by atoms with Crippen LogP contribution in [0.4, 0.5) is 15.8 Å². The number of anilines is 2. The van der Waals surface area contributed by atoms with Crippen molar-refractivity contribution in [2.24, 2.45) is 0 Å². The predicted octanol–water partition coefficient (Wildman–Crippen LogP) is 5.45. The molecule has 0 spiro atoms. The van der Waals surface area contributed by atoms with Crippen molar-refractivity contribution in [1.29, 1.82) is 0 Å². The average molecular weight is 384 g/mol. The first-order chi connectivity index (χ1) is 12.6. The second kappa shape index (κ2) is 7.72. The van der Waals surface area contributed by atoms with E-state index in [0.29, 0.717) is 5.69 Å². The van der Waals surface area contributed by atoms with Crippen molar-refractivity contribution < 1.29 is 4.39 Å². The van der Waals surface area contributed by atoms with E-state index >= 15 is 0 Å². The van der Waals surface area contributed by atoms with Gasteiger partial charge in [0.05, 0.1) is 11.4 Å². The van der Waals surface area contributed by atoms with E-state index < -0.39 is 0 Å². The summed E-state index contributed by atoms with van der Waals surface area (Å²) < 4.78 is 14.1. The molecule has 2 N–H and O–H groups in total. The highest BCUT2D eigenvalue weighted by atomic mass is 35.5. The molecule has 0 atom stereocenters. The number of nitrogens with one attached hydrogen (secondary N) is 2. The van der Waals surface area contributed by atoms with Gasteiger partial charge in [-0.1, -0.05) is 13.8 Å². The van der Waals surface area contributed by atoms with Gasteiger partial charge in [0.2, 0.25) is 0 Å². The lowest BCUT2D eigenvalue weighted by Crippen LogP contribution is -2.02. The average Bonchev–Trinajstić information content (AvgIpc) is 3.12. The highest BCUT2D eigenvalue weighted by Crippen LogP contribution is 2.32. The van der Waals surface area contributed by atoms with Crippen LogP contribution >= 0.6 is 12.4 Å². The molecule has 0 aliphatic heterocycles. The maximum Gasteiger partial charge on any atom is 0.151 e. The minimum absolute atomic E-state index is 0. The summed E-state index contributed by atoms with van der Waals surface area (Å²) in [5, 5.41) is 4.45. The third-order valence-electron chi connectivity index (χ3n) is 4.29. The fraction of sp³-hybridized carbons (Fsp3) is 0.150. The molecule has 0 aromatic carbocycles. The summed E-state index contributed by atoms with van der Waals surface area (Å²) in [6, 6.07) is 8.70. The largest absolute Gasteiger partial charge is 0.355 e. The number of halogens is 2. The van der Waals surface area contributed by atoms with Crippen molar-refractivity contribution in [2.75, 3.05) is 5.32 Å². The molecule has 4 rings (SSSR count). The molecule has 7 heteroatoms. The number of aromatic nitrogens is 4. The molecule has 27 heavy (non-hydrogen) atoms. The van der Waals surface area contributed by atoms with Gasteiger partial charge in [-0.15, -0.1) is 12.4 Å². The second-order valence-electron chi connectivity index (χ2n) is 6.37. The van der Waals surface area contributed by atoms with Crippen molar-refractivity contribution in [1.82, 2.24) is 19.9 Å². The lowest BCUT2D eigenvalue weighted by atomic mass is 10.0. The van der Waals surface area contributed by atoms with Crippen molar-refractivity contribution in [2.45, 2.75) is 19.8 Å². The Labute approximate surface area is 162 Å². The molecule has 0 aliphatic rings. The van der Waals surface area contributed by atoms with E-state index in [9.17, 15) is 4.39 Å². The van der Waals surface area contributed by atoms with Gasteiger partial charge >= 0.3 is 0 Å². The Balaban J connectivity index is 0.00000210. The van der Waals surface area contributed by atoms with Gasteiger partial charge in [0, 0.05) is 35.9 Å². The van der Waals surface area contributed by atoms with E-state index in [4.69, 9.17) is 0 Å². The number of H-pyrrole nitrogens is 1. The number of fused-ring (bicyclic) bond motifs is 1. The Morgan fingerprint density at radius 3 is 2.67 bits per heavy atom. The molecule has 0 saturated carbocycles. The highest BCUT2D eigenvalue weighted by molar-refractivity contribution is 5.91. The molecule has 4 aromatic rings. The van der Waals surface area contributed by atoms with Crippen molar-refractivity contribution >= 4 is 34.8 Å². The molecule has 138 valence electrons. The Morgan fingerprint density at radius 2 is 1.89 bits per heavy atom. The topological polar surface area (TPSA) is 66.5 Å². The molecule has 4 heterocycles. The third kappa shape index (κ3) is 3.61. The summed E-state index contributed by atoms with van der Waals surface area (Å²) in [6.45, 7) is 4.20. The first-order valence-electron chi connectivity index (χ1n) is 8.43. The van der Waals surface area contributed by atoms with Crippen LogP contribution < -0.4 is 5.32 Å². The standard InChI is InChI=1S/C20H18FN5.ClH/c1-12(2)14-11-25-18(19-15(21)4-3-7-22-19)10-17(14)26-16-6-9-24-20-13(16)5-8-23-20;/h3-12H,1-2H3,(H2,23,24,25,26);1H. The van der Waals surface area contributed by atoms with Crippen LogP contribution in [-0.2, 0) is 0 Å². The summed E-state index contributed by atoms with van der Waals surface area (Å²) in [5.41, 5.74) is 4.40. The Bertz CT molecular complexity index is 1080. The van der Waals surface area contributed by atoms with E-state index in [1.54, 1.807) is 24.7 Å². The number of nitrogens with zero attached hydrogens (tertiary/aromatic N) is 3. The van der Waals surface area contributed by atoms with Crippen LogP contribution in [0.3, 0.4) is 0 Å². The first kappa shape index (κ1) is 18.8. The van der Waals surface area contributed by atoms with Crippen LogP contribution in [0.2, 0.25) is 0 Å². The molecule has 0 fully saturated rings. The summed E-state index contributed by atoms with van der Waals surface area (Å²) in [5.74, 6) is -0.128.